The molecule has 0 saturated carbocycles. The smallest absolute Gasteiger partial charge is 0.0453 e. The van der Waals surface area contributed by atoms with Gasteiger partial charge in [-0.2, -0.15) is 0 Å². The molecule has 18 heavy (non-hydrogen) atoms. The Morgan fingerprint density at radius 3 is 2.61 bits per heavy atom. The molecule has 0 fully saturated rings. The fourth-order valence-electron chi connectivity index (χ4n) is 2.02. The Morgan fingerprint density at radius 2 is 1.94 bits per heavy atom. The van der Waals surface area contributed by atoms with E-state index in [2.05, 4.69) is 23.3 Å². The van der Waals surface area contributed by atoms with Crippen LogP contribution in [0.4, 0.5) is 0 Å². The van der Waals surface area contributed by atoms with E-state index in [0.29, 0.717) is 0 Å². The second-order valence-electron chi connectivity index (χ2n) is 4.16. The van der Waals surface area contributed by atoms with Gasteiger partial charge < -0.3 is 5.32 Å². The summed E-state index contributed by atoms with van der Waals surface area (Å²) in [5.74, 6) is 0. The Balaban J connectivity index is 2.21. The molecule has 0 aliphatic rings. The zero-order chi connectivity index (χ0) is 12.8. The van der Waals surface area contributed by atoms with Gasteiger partial charge in [0.2, 0.25) is 0 Å². The minimum Gasteiger partial charge on any atom is -0.310 e. The number of pyridine rings is 1. The van der Waals surface area contributed by atoms with E-state index in [1.165, 1.54) is 0 Å². The van der Waals surface area contributed by atoms with Crippen molar-refractivity contribution in [2.75, 3.05) is 6.54 Å². The largest absolute Gasteiger partial charge is 0.310 e. The van der Waals surface area contributed by atoms with Crippen LogP contribution in [-0.2, 0) is 6.42 Å². The molecule has 1 atom stereocenters. The second-order valence-corrected chi connectivity index (χ2v) is 4.56. The molecule has 1 aromatic heterocycles. The maximum Gasteiger partial charge on any atom is 0.0453 e. The quantitative estimate of drug-likeness (QED) is 0.888. The van der Waals surface area contributed by atoms with Gasteiger partial charge in [-0.25, -0.2) is 0 Å². The summed E-state index contributed by atoms with van der Waals surface area (Å²) in [6.07, 6.45) is 2.67. The third-order valence-corrected chi connectivity index (χ3v) is 3.21. The molecule has 0 bridgehead atoms. The van der Waals surface area contributed by atoms with Gasteiger partial charge in [0.1, 0.15) is 0 Å². The monoisotopic (exact) mass is 260 g/mol. The van der Waals surface area contributed by atoms with E-state index in [4.69, 9.17) is 11.6 Å². The Hall–Kier alpha value is -1.38. The molecule has 0 radical (unpaired) electrons. The van der Waals surface area contributed by atoms with Crippen molar-refractivity contribution in [1.82, 2.24) is 10.3 Å². The van der Waals surface area contributed by atoms with Gasteiger partial charge in [-0.15, -0.1) is 0 Å². The van der Waals surface area contributed by atoms with Crippen molar-refractivity contribution < 1.29 is 0 Å². The van der Waals surface area contributed by atoms with Gasteiger partial charge in [-0.05, 0) is 30.3 Å². The molecule has 2 nitrogen and oxygen atoms in total. The van der Waals surface area contributed by atoms with Crippen molar-refractivity contribution in [2.45, 2.75) is 19.4 Å². The first kappa shape index (κ1) is 13.1. The van der Waals surface area contributed by atoms with E-state index in [-0.39, 0.29) is 6.04 Å². The number of benzene rings is 1. The first-order valence-electron chi connectivity index (χ1n) is 6.19. The van der Waals surface area contributed by atoms with Crippen molar-refractivity contribution >= 4 is 11.6 Å². The maximum absolute atomic E-state index is 6.26. The highest BCUT2D eigenvalue weighted by molar-refractivity contribution is 6.31. The highest BCUT2D eigenvalue weighted by Gasteiger charge is 2.14. The van der Waals surface area contributed by atoms with Crippen LogP contribution in [0.25, 0.3) is 0 Å². The number of hydrogen-bond donors (Lipinski definition) is 1. The number of nitrogens with one attached hydrogen (secondary N) is 1. The third-order valence-electron chi connectivity index (χ3n) is 2.87. The lowest BCUT2D eigenvalue weighted by molar-refractivity contribution is 0.544. The molecule has 94 valence electrons. The average molecular weight is 261 g/mol. The van der Waals surface area contributed by atoms with E-state index < -0.39 is 0 Å². The number of nitrogens with zero attached hydrogens (tertiary/aromatic N) is 1. The van der Waals surface area contributed by atoms with Crippen LogP contribution in [0.2, 0.25) is 5.02 Å². The third kappa shape index (κ3) is 3.31. The molecule has 1 N–H and O–H groups in total. The van der Waals surface area contributed by atoms with Crippen LogP contribution < -0.4 is 5.32 Å². The summed E-state index contributed by atoms with van der Waals surface area (Å²) in [6.45, 7) is 3.00. The Labute approximate surface area is 113 Å². The molecule has 3 heteroatoms. The fourth-order valence-corrected chi connectivity index (χ4v) is 2.29. The number of aromatic nitrogens is 1. The van der Waals surface area contributed by atoms with E-state index in [1.54, 1.807) is 0 Å². The van der Waals surface area contributed by atoms with E-state index in [9.17, 15) is 0 Å². The van der Waals surface area contributed by atoms with Crippen LogP contribution in [0.1, 0.15) is 24.2 Å². The molecule has 2 rings (SSSR count). The Kier molecular flexibility index (Phi) is 4.73. The maximum atomic E-state index is 6.26. The van der Waals surface area contributed by atoms with Gasteiger partial charge in [-0.3, -0.25) is 4.98 Å². The highest BCUT2D eigenvalue weighted by Crippen LogP contribution is 2.24. The number of hydrogen-bond acceptors (Lipinski definition) is 2. The summed E-state index contributed by atoms with van der Waals surface area (Å²) in [7, 11) is 0. The lowest BCUT2D eigenvalue weighted by atomic mass is 10.0. The molecular weight excluding hydrogens is 244 g/mol. The Bertz CT molecular complexity index is 485. The first-order valence-corrected chi connectivity index (χ1v) is 6.56. The van der Waals surface area contributed by atoms with E-state index >= 15 is 0 Å². The normalized spacial score (nSPS) is 12.3. The molecule has 1 aromatic carbocycles. The zero-order valence-corrected chi connectivity index (χ0v) is 11.2. The molecule has 0 spiro atoms. The van der Waals surface area contributed by atoms with Crippen LogP contribution >= 0.6 is 11.6 Å². The van der Waals surface area contributed by atoms with Gasteiger partial charge in [0.25, 0.3) is 0 Å². The molecule has 0 aliphatic carbocycles. The predicted molar refractivity (Wildman–Crippen MR) is 75.8 cm³/mol. The topological polar surface area (TPSA) is 24.9 Å². The van der Waals surface area contributed by atoms with Gasteiger partial charge >= 0.3 is 0 Å². The minimum atomic E-state index is 0.207. The lowest BCUT2D eigenvalue weighted by Crippen LogP contribution is -2.23. The van der Waals surface area contributed by atoms with Crippen LogP contribution in [0.5, 0.6) is 0 Å². The highest BCUT2D eigenvalue weighted by atomic mass is 35.5. The van der Waals surface area contributed by atoms with Gasteiger partial charge in [0.15, 0.2) is 0 Å². The van der Waals surface area contributed by atoms with Crippen LogP contribution in [0.3, 0.4) is 0 Å². The molecule has 0 amide bonds. The first-order chi connectivity index (χ1) is 8.81. The predicted octanol–water partition coefficient (Wildman–Crippen LogP) is 3.63. The summed E-state index contributed by atoms with van der Waals surface area (Å²) in [6, 6.07) is 14.2. The summed E-state index contributed by atoms with van der Waals surface area (Å²) in [5, 5.41) is 4.27. The van der Waals surface area contributed by atoms with Gasteiger partial charge in [-0.1, -0.05) is 42.8 Å². The fraction of sp³-hybridized carbons (Fsp3) is 0.267. The summed E-state index contributed by atoms with van der Waals surface area (Å²) in [5.41, 5.74) is 2.20. The van der Waals surface area contributed by atoms with Crippen molar-refractivity contribution in [1.29, 1.82) is 0 Å². The summed E-state index contributed by atoms with van der Waals surface area (Å²) >= 11 is 6.26. The Morgan fingerprint density at radius 1 is 1.17 bits per heavy atom. The van der Waals surface area contributed by atoms with E-state index in [0.717, 1.165) is 29.2 Å². The van der Waals surface area contributed by atoms with Crippen molar-refractivity contribution in [3.63, 3.8) is 0 Å². The van der Waals surface area contributed by atoms with Crippen LogP contribution in [0.15, 0.2) is 48.7 Å². The average Bonchev–Trinajstić information content (AvgIpc) is 2.40. The zero-order valence-electron chi connectivity index (χ0n) is 10.4. The standard InChI is InChI=1S/C15H17ClN2/c1-2-17-15(11-12-7-5-6-10-18-12)13-8-3-4-9-14(13)16/h3-10,15,17H,2,11H2,1H3. The van der Waals surface area contributed by atoms with Gasteiger partial charge in [0.05, 0.1) is 0 Å². The van der Waals surface area contributed by atoms with E-state index in [1.807, 2.05) is 42.6 Å². The van der Waals surface area contributed by atoms with Gasteiger partial charge in [0, 0.05) is 29.4 Å². The summed E-state index contributed by atoms with van der Waals surface area (Å²) < 4.78 is 0. The van der Waals surface area contributed by atoms with Crippen molar-refractivity contribution in [3.8, 4) is 0 Å². The lowest BCUT2D eigenvalue weighted by Gasteiger charge is -2.19. The van der Waals surface area contributed by atoms with Crippen LogP contribution in [-0.4, -0.2) is 11.5 Å². The SMILES string of the molecule is CCNC(Cc1ccccn1)c1ccccc1Cl. The summed E-state index contributed by atoms with van der Waals surface area (Å²) in [4.78, 5) is 4.37. The van der Waals surface area contributed by atoms with Crippen molar-refractivity contribution in [3.05, 3.63) is 64.9 Å². The molecule has 1 heterocycles. The molecule has 2 aromatic rings. The van der Waals surface area contributed by atoms with Crippen LogP contribution in [0, 0.1) is 0 Å². The second kappa shape index (κ2) is 6.53. The number of likely N-dealkylation sites (N-methyl/N-ethyl adjacent to an activating group) is 1. The number of rotatable bonds is 5. The molecule has 0 aliphatic heterocycles. The molecule has 1 unspecified atom stereocenters. The number of halogens is 1. The molecular formula is C15H17ClN2. The minimum absolute atomic E-state index is 0.207. The molecule has 0 saturated heterocycles. The van der Waals surface area contributed by atoms with Crippen molar-refractivity contribution in [2.24, 2.45) is 0 Å².